The van der Waals surface area contributed by atoms with Gasteiger partial charge >= 0.3 is 0 Å². The van der Waals surface area contributed by atoms with Gasteiger partial charge in [-0.2, -0.15) is 0 Å². The summed E-state index contributed by atoms with van der Waals surface area (Å²) >= 11 is 1.65. The van der Waals surface area contributed by atoms with E-state index in [0.29, 0.717) is 45.0 Å². The van der Waals surface area contributed by atoms with E-state index in [1.54, 1.807) is 21.1 Å². The Hall–Kier alpha value is -3.60. The van der Waals surface area contributed by atoms with Gasteiger partial charge in [0.25, 0.3) is 11.6 Å². The first-order valence-corrected chi connectivity index (χ1v) is 13.4. The summed E-state index contributed by atoms with van der Waals surface area (Å²) in [6.45, 7) is 6.62. The number of hydrogen-bond acceptors (Lipinski definition) is 7. The Morgan fingerprint density at radius 2 is 1.68 bits per heavy atom. The lowest BCUT2D eigenvalue weighted by molar-refractivity contribution is -0.384. The summed E-state index contributed by atoms with van der Waals surface area (Å²) in [7, 11) is 0. The molecule has 1 aliphatic rings. The second kappa shape index (κ2) is 13.3. The fourth-order valence-corrected chi connectivity index (χ4v) is 5.21. The number of nitrogens with zero attached hydrogens (tertiary/aromatic N) is 4. The zero-order valence-electron chi connectivity index (χ0n) is 21.5. The molecule has 1 fully saturated rings. The van der Waals surface area contributed by atoms with Crippen LogP contribution in [0, 0.1) is 17.0 Å². The van der Waals surface area contributed by atoms with E-state index in [0.717, 1.165) is 23.5 Å². The number of benzene rings is 2. The van der Waals surface area contributed by atoms with Crippen molar-refractivity contribution in [3.63, 3.8) is 0 Å². The minimum atomic E-state index is -0.498. The number of nitro benzene ring substituents is 1. The molecule has 0 atom stereocenters. The first-order valence-electron chi connectivity index (χ1n) is 12.6. The molecule has 38 heavy (non-hydrogen) atoms. The van der Waals surface area contributed by atoms with Crippen LogP contribution in [0.15, 0.2) is 66.7 Å². The Kier molecular flexibility index (Phi) is 9.58. The zero-order valence-corrected chi connectivity index (χ0v) is 22.3. The molecule has 2 amide bonds. The number of carbonyl (C=O) groups is 2. The molecule has 0 unspecified atom stereocenters. The number of amides is 2. The van der Waals surface area contributed by atoms with Crippen LogP contribution >= 0.6 is 11.3 Å². The van der Waals surface area contributed by atoms with Crippen LogP contribution in [0.3, 0.4) is 0 Å². The molecule has 9 nitrogen and oxygen atoms in total. The lowest BCUT2D eigenvalue weighted by Gasteiger charge is -2.31. The molecule has 10 heteroatoms. The number of morpholine rings is 1. The highest BCUT2D eigenvalue weighted by Crippen LogP contribution is 2.20. The number of thiophene rings is 1. The predicted octanol–water partition coefficient (Wildman–Crippen LogP) is 3.97. The summed E-state index contributed by atoms with van der Waals surface area (Å²) in [5, 5.41) is 11.1. The minimum Gasteiger partial charge on any atom is -0.379 e. The van der Waals surface area contributed by atoms with Gasteiger partial charge in [-0.3, -0.25) is 24.6 Å². The monoisotopic (exact) mass is 536 g/mol. The number of non-ortho nitro benzene ring substituents is 1. The second-order valence-electron chi connectivity index (χ2n) is 9.23. The SMILES string of the molecule is Cc1ccc(CN(Cc2ccccc2)C(=O)CN(CCN2CCOCC2)C(=O)c2ccc([N+](=O)[O-])cc2)s1. The highest BCUT2D eigenvalue weighted by molar-refractivity contribution is 7.11. The van der Waals surface area contributed by atoms with Gasteiger partial charge in [-0.15, -0.1) is 11.3 Å². The van der Waals surface area contributed by atoms with Crippen LogP contribution in [0.4, 0.5) is 5.69 Å². The standard InChI is InChI=1S/C28H32N4O5S/c1-22-7-12-26(38-22)20-31(19-23-5-3-2-4-6-23)27(33)21-30(14-13-29-15-17-37-18-16-29)28(34)24-8-10-25(11-9-24)32(35)36/h2-12H,13-21H2,1H3. The van der Waals surface area contributed by atoms with Crippen molar-refractivity contribution >= 4 is 28.8 Å². The molecular weight excluding hydrogens is 504 g/mol. The molecule has 2 heterocycles. The van der Waals surface area contributed by atoms with Gasteiger partial charge in [-0.05, 0) is 36.8 Å². The van der Waals surface area contributed by atoms with Gasteiger partial charge in [0.2, 0.25) is 5.91 Å². The molecule has 4 rings (SSSR count). The minimum absolute atomic E-state index is 0.0854. The summed E-state index contributed by atoms with van der Waals surface area (Å²) in [5.41, 5.74) is 1.24. The van der Waals surface area contributed by atoms with Crippen molar-refractivity contribution in [2.45, 2.75) is 20.0 Å². The molecule has 1 aromatic heterocycles. The van der Waals surface area contributed by atoms with Gasteiger partial charge in [0.1, 0.15) is 6.54 Å². The number of hydrogen-bond donors (Lipinski definition) is 0. The molecule has 0 N–H and O–H groups in total. The Labute approximate surface area is 226 Å². The molecule has 0 radical (unpaired) electrons. The number of ether oxygens (including phenoxy) is 1. The van der Waals surface area contributed by atoms with E-state index >= 15 is 0 Å². The van der Waals surface area contributed by atoms with Crippen LogP contribution in [0.1, 0.15) is 25.7 Å². The third-order valence-corrected chi connectivity index (χ3v) is 7.43. The normalized spacial score (nSPS) is 13.7. The Balaban J connectivity index is 1.53. The summed E-state index contributed by atoms with van der Waals surface area (Å²) < 4.78 is 5.43. The van der Waals surface area contributed by atoms with Crippen molar-refractivity contribution in [2.24, 2.45) is 0 Å². The van der Waals surface area contributed by atoms with Crippen LogP contribution in [0.25, 0.3) is 0 Å². The summed E-state index contributed by atoms with van der Waals surface area (Å²) in [4.78, 5) is 45.6. The van der Waals surface area contributed by atoms with Crippen molar-refractivity contribution in [2.75, 3.05) is 45.9 Å². The molecule has 1 aliphatic heterocycles. The van der Waals surface area contributed by atoms with E-state index in [-0.39, 0.29) is 24.0 Å². The first-order chi connectivity index (χ1) is 18.4. The molecule has 0 bridgehead atoms. The third kappa shape index (κ3) is 7.70. The lowest BCUT2D eigenvalue weighted by atomic mass is 10.1. The van der Waals surface area contributed by atoms with Gasteiger partial charge in [0.05, 0.1) is 24.7 Å². The molecule has 0 saturated carbocycles. The van der Waals surface area contributed by atoms with E-state index in [9.17, 15) is 19.7 Å². The molecule has 3 aromatic rings. The van der Waals surface area contributed by atoms with Crippen molar-refractivity contribution < 1.29 is 19.2 Å². The molecule has 1 saturated heterocycles. The Morgan fingerprint density at radius 3 is 2.32 bits per heavy atom. The second-order valence-corrected chi connectivity index (χ2v) is 10.6. The number of carbonyl (C=O) groups excluding carboxylic acids is 2. The van der Waals surface area contributed by atoms with Crippen LogP contribution in [-0.4, -0.2) is 77.4 Å². The van der Waals surface area contributed by atoms with Crippen molar-refractivity contribution in [3.8, 4) is 0 Å². The Bertz CT molecular complexity index is 1230. The number of nitro groups is 1. The maximum Gasteiger partial charge on any atom is 0.269 e. The third-order valence-electron chi connectivity index (χ3n) is 6.44. The van der Waals surface area contributed by atoms with E-state index in [1.165, 1.54) is 29.1 Å². The van der Waals surface area contributed by atoms with Crippen LogP contribution in [-0.2, 0) is 22.6 Å². The average molecular weight is 537 g/mol. The molecule has 2 aromatic carbocycles. The first kappa shape index (κ1) is 27.4. The zero-order chi connectivity index (χ0) is 26.9. The van der Waals surface area contributed by atoms with Gasteiger partial charge in [-0.25, -0.2) is 0 Å². The topological polar surface area (TPSA) is 96.2 Å². The summed E-state index contributed by atoms with van der Waals surface area (Å²) in [6, 6.07) is 19.4. The fourth-order valence-electron chi connectivity index (χ4n) is 4.31. The Morgan fingerprint density at radius 1 is 0.974 bits per heavy atom. The smallest absolute Gasteiger partial charge is 0.269 e. The average Bonchev–Trinajstić information content (AvgIpc) is 3.35. The fraction of sp³-hybridized carbons (Fsp3) is 0.357. The van der Waals surface area contributed by atoms with E-state index < -0.39 is 4.92 Å². The van der Waals surface area contributed by atoms with E-state index in [2.05, 4.69) is 4.90 Å². The quantitative estimate of drug-likeness (QED) is 0.272. The van der Waals surface area contributed by atoms with E-state index in [4.69, 9.17) is 4.74 Å². The van der Waals surface area contributed by atoms with Crippen molar-refractivity contribution in [3.05, 3.63) is 97.7 Å². The van der Waals surface area contributed by atoms with E-state index in [1.807, 2.05) is 49.4 Å². The summed E-state index contributed by atoms with van der Waals surface area (Å²) in [5.74, 6) is -0.481. The van der Waals surface area contributed by atoms with Gasteiger partial charge in [0, 0.05) is 60.2 Å². The lowest BCUT2D eigenvalue weighted by Crippen LogP contribution is -2.47. The van der Waals surface area contributed by atoms with Crippen LogP contribution in [0.2, 0.25) is 0 Å². The van der Waals surface area contributed by atoms with Crippen molar-refractivity contribution in [1.82, 2.24) is 14.7 Å². The van der Waals surface area contributed by atoms with Crippen molar-refractivity contribution in [1.29, 1.82) is 0 Å². The molecule has 0 aliphatic carbocycles. The molecule has 200 valence electrons. The maximum absolute atomic E-state index is 13.7. The number of rotatable bonds is 11. The van der Waals surface area contributed by atoms with Crippen LogP contribution in [0.5, 0.6) is 0 Å². The highest BCUT2D eigenvalue weighted by Gasteiger charge is 2.24. The van der Waals surface area contributed by atoms with Gasteiger partial charge in [-0.1, -0.05) is 30.3 Å². The highest BCUT2D eigenvalue weighted by atomic mass is 32.1. The summed E-state index contributed by atoms with van der Waals surface area (Å²) in [6.07, 6.45) is 0. The molecule has 0 spiro atoms. The predicted molar refractivity (Wildman–Crippen MR) is 146 cm³/mol. The van der Waals surface area contributed by atoms with Gasteiger partial charge < -0.3 is 14.5 Å². The van der Waals surface area contributed by atoms with Gasteiger partial charge in [0.15, 0.2) is 0 Å². The molecular formula is C28H32N4O5S. The largest absolute Gasteiger partial charge is 0.379 e. The van der Waals surface area contributed by atoms with Crippen LogP contribution < -0.4 is 0 Å². The number of aryl methyl sites for hydroxylation is 1. The maximum atomic E-state index is 13.7.